The lowest BCUT2D eigenvalue weighted by molar-refractivity contribution is 0.0691. The average Bonchev–Trinajstić information content (AvgIpc) is 2.46. The molecule has 4 heteroatoms. The molecule has 0 fully saturated rings. The van der Waals surface area contributed by atoms with Crippen molar-refractivity contribution in [3.05, 3.63) is 36.0 Å². The molecular weight excluding hydrogens is 252 g/mol. The Morgan fingerprint density at radius 2 is 2.20 bits per heavy atom. The maximum Gasteiger partial charge on any atom is 0.354 e. The van der Waals surface area contributed by atoms with Crippen LogP contribution >= 0.6 is 0 Å². The lowest BCUT2D eigenvalue weighted by Crippen LogP contribution is -2.25. The molecule has 0 saturated carbocycles. The van der Waals surface area contributed by atoms with E-state index in [-0.39, 0.29) is 5.69 Å². The van der Waals surface area contributed by atoms with E-state index in [1.807, 2.05) is 29.2 Å². The number of carboxylic acid groups (broad SMARTS) is 1. The molecule has 0 bridgehead atoms. The monoisotopic (exact) mass is 268 g/mol. The van der Waals surface area contributed by atoms with E-state index in [1.165, 1.54) is 0 Å². The second-order valence-corrected chi connectivity index (χ2v) is 4.47. The zero-order chi connectivity index (χ0) is 14.5. The summed E-state index contributed by atoms with van der Waals surface area (Å²) in [6.45, 7) is 3.28. The first-order valence-electron chi connectivity index (χ1n) is 6.49. The van der Waals surface area contributed by atoms with Crippen LogP contribution in [0.3, 0.4) is 0 Å². The summed E-state index contributed by atoms with van der Waals surface area (Å²) in [5.74, 6) is 1.59. The minimum atomic E-state index is -1.03. The summed E-state index contributed by atoms with van der Waals surface area (Å²) in [5, 5.41) is 10.1. The summed E-state index contributed by atoms with van der Waals surface area (Å²) in [5.41, 5.74) is 1.53. The van der Waals surface area contributed by atoms with E-state index in [0.717, 1.165) is 24.0 Å². The van der Waals surface area contributed by atoms with Crippen molar-refractivity contribution >= 4 is 22.6 Å². The van der Waals surface area contributed by atoms with E-state index in [9.17, 15) is 9.90 Å². The number of hydrogen-bond donors (Lipinski definition) is 1. The molecule has 0 aliphatic heterocycles. The van der Waals surface area contributed by atoms with Crippen molar-refractivity contribution in [2.24, 2.45) is 0 Å². The highest BCUT2D eigenvalue weighted by atomic mass is 16.4. The van der Waals surface area contributed by atoms with Crippen LogP contribution in [0.4, 0.5) is 5.69 Å². The molecule has 0 amide bonds. The van der Waals surface area contributed by atoms with Crippen molar-refractivity contribution in [2.45, 2.75) is 13.3 Å². The molecule has 20 heavy (non-hydrogen) atoms. The summed E-state index contributed by atoms with van der Waals surface area (Å²) in [6.07, 6.45) is 6.35. The third-order valence-electron chi connectivity index (χ3n) is 3.03. The largest absolute Gasteiger partial charge is 0.477 e. The summed E-state index contributed by atoms with van der Waals surface area (Å²) >= 11 is 0. The Labute approximate surface area is 118 Å². The molecule has 0 spiro atoms. The van der Waals surface area contributed by atoms with Crippen molar-refractivity contribution in [2.75, 3.05) is 18.0 Å². The Morgan fingerprint density at radius 3 is 2.85 bits per heavy atom. The molecule has 0 radical (unpaired) electrons. The van der Waals surface area contributed by atoms with Gasteiger partial charge < -0.3 is 10.0 Å². The number of pyridine rings is 1. The molecule has 0 aliphatic carbocycles. The number of carboxylic acids is 1. The molecule has 1 aromatic heterocycles. The van der Waals surface area contributed by atoms with Crippen LogP contribution in [-0.2, 0) is 0 Å². The van der Waals surface area contributed by atoms with Gasteiger partial charge in [0.1, 0.15) is 0 Å². The lowest BCUT2D eigenvalue weighted by atomic mass is 10.1. The van der Waals surface area contributed by atoms with E-state index >= 15 is 0 Å². The highest BCUT2D eigenvalue weighted by molar-refractivity contribution is 5.97. The Kier molecular flexibility index (Phi) is 4.21. The van der Waals surface area contributed by atoms with E-state index in [0.29, 0.717) is 12.1 Å². The molecule has 1 heterocycles. The third-order valence-corrected chi connectivity index (χ3v) is 3.03. The molecular formula is C16H16N2O2. The predicted octanol–water partition coefficient (Wildman–Crippen LogP) is 2.78. The van der Waals surface area contributed by atoms with Gasteiger partial charge in [0, 0.05) is 17.6 Å². The second kappa shape index (κ2) is 6.07. The standard InChI is InChI=1S/C16H16N2O2/c1-3-9-18(10-4-2)15-11-14(16(19)20)17-13-8-6-5-7-12(13)15/h1,5-8,11H,4,9-10H2,2H3,(H,19,20). The lowest BCUT2D eigenvalue weighted by Gasteiger charge is -2.23. The van der Waals surface area contributed by atoms with Crippen LogP contribution in [0, 0.1) is 12.3 Å². The quantitative estimate of drug-likeness (QED) is 0.847. The molecule has 0 saturated heterocycles. The molecule has 2 aromatic rings. The highest BCUT2D eigenvalue weighted by Gasteiger charge is 2.14. The average molecular weight is 268 g/mol. The SMILES string of the molecule is C#CCN(CCC)c1cc(C(=O)O)nc2ccccc12. The van der Waals surface area contributed by atoms with Gasteiger partial charge >= 0.3 is 5.97 Å². The first-order valence-corrected chi connectivity index (χ1v) is 6.49. The first kappa shape index (κ1) is 13.9. The van der Waals surface area contributed by atoms with Gasteiger partial charge in [-0.3, -0.25) is 0 Å². The van der Waals surface area contributed by atoms with Crippen LogP contribution in [0.15, 0.2) is 30.3 Å². The summed E-state index contributed by atoms with van der Waals surface area (Å²) < 4.78 is 0. The molecule has 0 atom stereocenters. The normalized spacial score (nSPS) is 10.2. The van der Waals surface area contributed by atoms with Gasteiger partial charge in [-0.1, -0.05) is 31.0 Å². The molecule has 1 aromatic carbocycles. The fraction of sp³-hybridized carbons (Fsp3) is 0.250. The number of anilines is 1. The van der Waals surface area contributed by atoms with Crippen molar-refractivity contribution in [3.63, 3.8) is 0 Å². The summed E-state index contributed by atoms with van der Waals surface area (Å²) in [6, 6.07) is 9.09. The van der Waals surface area contributed by atoms with Crippen LogP contribution in [0.1, 0.15) is 23.8 Å². The molecule has 2 rings (SSSR count). The first-order chi connectivity index (χ1) is 9.67. The number of terminal acetylenes is 1. The van der Waals surface area contributed by atoms with Gasteiger partial charge in [-0.2, -0.15) is 0 Å². The van der Waals surface area contributed by atoms with Gasteiger partial charge in [-0.25, -0.2) is 9.78 Å². The van der Waals surface area contributed by atoms with Crippen LogP contribution in [-0.4, -0.2) is 29.1 Å². The minimum absolute atomic E-state index is 0.0387. The van der Waals surface area contributed by atoms with Crippen molar-refractivity contribution in [1.29, 1.82) is 0 Å². The van der Waals surface area contributed by atoms with E-state index in [1.54, 1.807) is 6.07 Å². The zero-order valence-electron chi connectivity index (χ0n) is 11.3. The van der Waals surface area contributed by atoms with Gasteiger partial charge in [0.05, 0.1) is 12.1 Å². The van der Waals surface area contributed by atoms with Gasteiger partial charge in [-0.05, 0) is 18.6 Å². The zero-order valence-corrected chi connectivity index (χ0v) is 11.3. The smallest absolute Gasteiger partial charge is 0.354 e. The fourth-order valence-electron chi connectivity index (χ4n) is 2.19. The fourth-order valence-corrected chi connectivity index (χ4v) is 2.19. The number of para-hydroxylation sites is 1. The topological polar surface area (TPSA) is 53.4 Å². The number of nitrogens with zero attached hydrogens (tertiary/aromatic N) is 2. The maximum atomic E-state index is 11.2. The highest BCUT2D eigenvalue weighted by Crippen LogP contribution is 2.27. The number of carbonyl (C=O) groups is 1. The molecule has 4 nitrogen and oxygen atoms in total. The Hall–Kier alpha value is -2.54. The maximum absolute atomic E-state index is 11.2. The van der Waals surface area contributed by atoms with Gasteiger partial charge in [0.2, 0.25) is 0 Å². The number of aromatic carboxylic acids is 1. The molecule has 1 N–H and O–H groups in total. The number of benzene rings is 1. The number of hydrogen-bond acceptors (Lipinski definition) is 3. The van der Waals surface area contributed by atoms with Crippen molar-refractivity contribution < 1.29 is 9.90 Å². The molecule has 0 unspecified atom stereocenters. The predicted molar refractivity (Wildman–Crippen MR) is 80.0 cm³/mol. The minimum Gasteiger partial charge on any atom is -0.477 e. The third kappa shape index (κ3) is 2.72. The number of aromatic nitrogens is 1. The Bertz CT molecular complexity index is 674. The number of rotatable bonds is 5. The Balaban J connectivity index is 2.65. The van der Waals surface area contributed by atoms with Crippen molar-refractivity contribution in [1.82, 2.24) is 4.98 Å². The van der Waals surface area contributed by atoms with Crippen LogP contribution in [0.25, 0.3) is 10.9 Å². The summed E-state index contributed by atoms with van der Waals surface area (Å²) in [7, 11) is 0. The Morgan fingerprint density at radius 1 is 1.45 bits per heavy atom. The van der Waals surface area contributed by atoms with Crippen LogP contribution in [0.2, 0.25) is 0 Å². The van der Waals surface area contributed by atoms with Gasteiger partial charge in [0.25, 0.3) is 0 Å². The van der Waals surface area contributed by atoms with E-state index in [4.69, 9.17) is 6.42 Å². The molecule has 0 aliphatic rings. The van der Waals surface area contributed by atoms with Gasteiger partial charge in [-0.15, -0.1) is 6.42 Å². The molecule has 102 valence electrons. The summed E-state index contributed by atoms with van der Waals surface area (Å²) in [4.78, 5) is 17.4. The van der Waals surface area contributed by atoms with E-state index < -0.39 is 5.97 Å². The van der Waals surface area contributed by atoms with Gasteiger partial charge in [0.15, 0.2) is 5.69 Å². The second-order valence-electron chi connectivity index (χ2n) is 4.47. The van der Waals surface area contributed by atoms with E-state index in [2.05, 4.69) is 17.8 Å². The van der Waals surface area contributed by atoms with Crippen LogP contribution in [0.5, 0.6) is 0 Å². The number of fused-ring (bicyclic) bond motifs is 1. The van der Waals surface area contributed by atoms with Crippen molar-refractivity contribution in [3.8, 4) is 12.3 Å². The van der Waals surface area contributed by atoms with Crippen LogP contribution < -0.4 is 4.90 Å².